The minimum absolute atomic E-state index is 0.0902. The Kier molecular flexibility index (Phi) is 8.53. The molecule has 1 aromatic carbocycles. The van der Waals surface area contributed by atoms with E-state index in [0.717, 1.165) is 31.2 Å². The maximum atomic E-state index is 14.2. The Labute approximate surface area is 234 Å². The van der Waals surface area contributed by atoms with E-state index in [-0.39, 0.29) is 11.9 Å². The molecule has 3 N–H and O–H groups in total. The average Bonchev–Trinajstić information content (AvgIpc) is 3.30. The number of ether oxygens (including phenoxy) is 1. The highest BCUT2D eigenvalue weighted by Crippen LogP contribution is 2.31. The SMILES string of the molecule is Cc1ccc2nc(C(F)F)n(-c3cc(N4CCOC[C@@H]4C)nc(NCC4CCC(NCC(C)(C)O)CC4)n3)c2c1. The number of benzene rings is 1. The summed E-state index contributed by atoms with van der Waals surface area (Å²) in [7, 11) is 0. The summed E-state index contributed by atoms with van der Waals surface area (Å²) >= 11 is 0. The number of imidazole rings is 1. The van der Waals surface area contributed by atoms with Crippen LogP contribution in [0.25, 0.3) is 16.9 Å². The number of hydrogen-bond acceptors (Lipinski definition) is 8. The predicted octanol–water partition coefficient (Wildman–Crippen LogP) is 4.62. The summed E-state index contributed by atoms with van der Waals surface area (Å²) in [6.07, 6.45) is 1.41. The highest BCUT2D eigenvalue weighted by molar-refractivity contribution is 5.79. The third kappa shape index (κ3) is 6.70. The molecular formula is C29H41F2N7O2. The fourth-order valence-corrected chi connectivity index (χ4v) is 5.62. The molecule has 0 bridgehead atoms. The van der Waals surface area contributed by atoms with Gasteiger partial charge in [0.1, 0.15) is 11.6 Å². The van der Waals surface area contributed by atoms with Crippen molar-refractivity contribution in [2.24, 2.45) is 5.92 Å². The van der Waals surface area contributed by atoms with Gasteiger partial charge in [-0.1, -0.05) is 6.07 Å². The second-order valence-corrected chi connectivity index (χ2v) is 11.9. The number of aliphatic hydroxyl groups is 1. The topological polar surface area (TPSA) is 100 Å². The lowest BCUT2D eigenvalue weighted by Crippen LogP contribution is -2.44. The summed E-state index contributed by atoms with van der Waals surface area (Å²) < 4.78 is 35.5. The van der Waals surface area contributed by atoms with E-state index in [4.69, 9.17) is 14.7 Å². The van der Waals surface area contributed by atoms with Crippen molar-refractivity contribution in [1.82, 2.24) is 24.8 Å². The van der Waals surface area contributed by atoms with E-state index < -0.39 is 12.0 Å². The zero-order chi connectivity index (χ0) is 28.4. The van der Waals surface area contributed by atoms with Gasteiger partial charge in [-0.15, -0.1) is 0 Å². The van der Waals surface area contributed by atoms with Gasteiger partial charge in [-0.25, -0.2) is 13.8 Å². The minimum Gasteiger partial charge on any atom is -0.389 e. The number of nitrogens with zero attached hydrogens (tertiary/aromatic N) is 5. The Bertz CT molecular complexity index is 1300. The Morgan fingerprint density at radius 2 is 1.85 bits per heavy atom. The van der Waals surface area contributed by atoms with Crippen LogP contribution < -0.4 is 15.5 Å². The first kappa shape index (κ1) is 28.6. The summed E-state index contributed by atoms with van der Waals surface area (Å²) in [6, 6.07) is 7.78. The first-order chi connectivity index (χ1) is 19.1. The number of morpholine rings is 1. The summed E-state index contributed by atoms with van der Waals surface area (Å²) in [6.45, 7) is 10.7. The van der Waals surface area contributed by atoms with Gasteiger partial charge in [-0.2, -0.15) is 9.97 Å². The number of aryl methyl sites for hydroxylation is 1. The first-order valence-electron chi connectivity index (χ1n) is 14.3. The maximum Gasteiger partial charge on any atom is 0.296 e. The van der Waals surface area contributed by atoms with Crippen molar-refractivity contribution in [3.8, 4) is 5.82 Å². The van der Waals surface area contributed by atoms with E-state index in [9.17, 15) is 13.9 Å². The van der Waals surface area contributed by atoms with Crippen LogP contribution in [0.5, 0.6) is 0 Å². The number of rotatable bonds is 9. The molecule has 2 aliphatic rings. The zero-order valence-corrected chi connectivity index (χ0v) is 23.8. The third-order valence-corrected chi connectivity index (χ3v) is 7.84. The van der Waals surface area contributed by atoms with E-state index in [1.165, 1.54) is 4.57 Å². The van der Waals surface area contributed by atoms with E-state index >= 15 is 0 Å². The minimum atomic E-state index is -2.76. The van der Waals surface area contributed by atoms with Crippen LogP contribution in [0.4, 0.5) is 20.5 Å². The van der Waals surface area contributed by atoms with Crippen molar-refractivity contribution < 1.29 is 18.6 Å². The molecule has 11 heteroatoms. The lowest BCUT2D eigenvalue weighted by atomic mass is 9.86. The molecule has 1 atom stereocenters. The average molecular weight is 558 g/mol. The monoisotopic (exact) mass is 557 g/mol. The third-order valence-electron chi connectivity index (χ3n) is 7.84. The number of anilines is 2. The van der Waals surface area contributed by atoms with Crippen molar-refractivity contribution in [3.05, 3.63) is 35.7 Å². The van der Waals surface area contributed by atoms with E-state index in [0.29, 0.717) is 73.4 Å². The number of alkyl halides is 2. The second-order valence-electron chi connectivity index (χ2n) is 11.9. The molecule has 2 aromatic heterocycles. The van der Waals surface area contributed by atoms with Crippen molar-refractivity contribution in [3.63, 3.8) is 0 Å². The Morgan fingerprint density at radius 1 is 1.10 bits per heavy atom. The van der Waals surface area contributed by atoms with Crippen LogP contribution >= 0.6 is 0 Å². The van der Waals surface area contributed by atoms with Crippen LogP contribution in [0, 0.1) is 12.8 Å². The van der Waals surface area contributed by atoms with Crippen LogP contribution in [-0.4, -0.2) is 75.2 Å². The van der Waals surface area contributed by atoms with E-state index in [1.807, 2.05) is 32.9 Å². The molecule has 3 heterocycles. The summed E-state index contributed by atoms with van der Waals surface area (Å²) in [5.74, 6) is 1.59. The molecule has 40 heavy (non-hydrogen) atoms. The first-order valence-corrected chi connectivity index (χ1v) is 14.3. The van der Waals surface area contributed by atoms with Crippen LogP contribution in [-0.2, 0) is 4.74 Å². The number of aromatic nitrogens is 4. The normalized spacial score (nSPS) is 22.3. The van der Waals surface area contributed by atoms with E-state index in [2.05, 4.69) is 27.4 Å². The smallest absolute Gasteiger partial charge is 0.296 e. The Hall–Kier alpha value is -2.89. The largest absolute Gasteiger partial charge is 0.389 e. The van der Waals surface area contributed by atoms with Crippen LogP contribution in [0.1, 0.15) is 64.3 Å². The van der Waals surface area contributed by atoms with Gasteiger partial charge >= 0.3 is 0 Å². The van der Waals surface area contributed by atoms with Crippen LogP contribution in [0.3, 0.4) is 0 Å². The molecule has 1 saturated carbocycles. The van der Waals surface area contributed by atoms with Crippen molar-refractivity contribution in [2.45, 2.75) is 77.5 Å². The molecule has 2 fully saturated rings. The highest BCUT2D eigenvalue weighted by atomic mass is 19.3. The Balaban J connectivity index is 1.41. The molecule has 5 rings (SSSR count). The van der Waals surface area contributed by atoms with Crippen LogP contribution in [0.2, 0.25) is 0 Å². The quantitative estimate of drug-likeness (QED) is 0.351. The molecule has 9 nitrogen and oxygen atoms in total. The molecule has 0 amide bonds. The summed E-state index contributed by atoms with van der Waals surface area (Å²) in [5, 5.41) is 16.9. The van der Waals surface area contributed by atoms with Gasteiger partial charge in [0.15, 0.2) is 5.82 Å². The lowest BCUT2D eigenvalue weighted by Gasteiger charge is -2.34. The molecule has 0 radical (unpaired) electrons. The van der Waals surface area contributed by atoms with Crippen molar-refractivity contribution in [1.29, 1.82) is 0 Å². The van der Waals surface area contributed by atoms with Crippen molar-refractivity contribution >= 4 is 22.8 Å². The summed E-state index contributed by atoms with van der Waals surface area (Å²) in [4.78, 5) is 16.0. The fourth-order valence-electron chi connectivity index (χ4n) is 5.62. The van der Waals surface area contributed by atoms with Gasteiger partial charge in [0.05, 0.1) is 35.9 Å². The molecule has 1 aliphatic carbocycles. The number of halogens is 2. The number of fused-ring (bicyclic) bond motifs is 1. The molecule has 218 valence electrons. The van der Waals surface area contributed by atoms with Gasteiger partial charge in [0, 0.05) is 31.7 Å². The molecule has 1 saturated heterocycles. The second kappa shape index (κ2) is 11.9. The van der Waals surface area contributed by atoms with Gasteiger partial charge in [-0.3, -0.25) is 4.57 Å². The highest BCUT2D eigenvalue weighted by Gasteiger charge is 2.27. The lowest BCUT2D eigenvalue weighted by molar-refractivity contribution is 0.0736. The molecule has 0 unspecified atom stereocenters. The van der Waals surface area contributed by atoms with Gasteiger partial charge in [-0.05, 0) is 77.0 Å². The van der Waals surface area contributed by atoms with E-state index in [1.54, 1.807) is 12.1 Å². The fraction of sp³-hybridized carbons (Fsp3) is 0.621. The molecular weight excluding hydrogens is 516 g/mol. The maximum absolute atomic E-state index is 14.2. The molecule has 1 aliphatic heterocycles. The standard InChI is InChI=1S/C29H41F2N7O2/c1-18-5-10-22-23(13-18)38(27(34-22)26(30)31)25-14-24(37-11-12-40-16-19(37)2)35-28(36-25)32-15-20-6-8-21(9-7-20)33-17-29(3,4)39/h5,10,13-14,19-21,26,33,39H,6-9,11-12,15-17H2,1-4H3,(H,32,35,36)/t19-,20?,21?/m0/s1. The number of nitrogens with one attached hydrogen (secondary N) is 2. The number of hydrogen-bond donors (Lipinski definition) is 3. The predicted molar refractivity (Wildman–Crippen MR) is 153 cm³/mol. The van der Waals surface area contributed by atoms with Crippen molar-refractivity contribution in [2.75, 3.05) is 43.1 Å². The Morgan fingerprint density at radius 3 is 2.55 bits per heavy atom. The zero-order valence-electron chi connectivity index (χ0n) is 23.8. The van der Waals surface area contributed by atoms with Gasteiger partial charge < -0.3 is 25.4 Å². The molecule has 0 spiro atoms. The molecule has 3 aromatic rings. The van der Waals surface area contributed by atoms with Gasteiger partial charge in [0.25, 0.3) is 6.43 Å². The van der Waals surface area contributed by atoms with Crippen LogP contribution in [0.15, 0.2) is 24.3 Å². The van der Waals surface area contributed by atoms with Gasteiger partial charge in [0.2, 0.25) is 5.95 Å². The summed E-state index contributed by atoms with van der Waals surface area (Å²) in [5.41, 5.74) is 1.33.